The summed E-state index contributed by atoms with van der Waals surface area (Å²) in [6.45, 7) is 0. The van der Waals surface area contributed by atoms with Crippen molar-refractivity contribution in [2.24, 2.45) is 0 Å². The molecular weight excluding hydrogens is 267 g/mol. The summed E-state index contributed by atoms with van der Waals surface area (Å²) >= 11 is 0.813. The van der Waals surface area contributed by atoms with E-state index < -0.39 is 11.9 Å². The van der Waals surface area contributed by atoms with Crippen LogP contribution < -0.4 is 0 Å². The van der Waals surface area contributed by atoms with E-state index in [9.17, 15) is 13.2 Å². The molecule has 1 N–H and O–H groups in total. The zero-order valence-corrected chi connectivity index (χ0v) is 9.38. The SMILES string of the molecule is N#Cc1ccc(C(F)(F)F)nc1Sc1ncn[nH]1. The Morgan fingerprint density at radius 3 is 2.67 bits per heavy atom. The van der Waals surface area contributed by atoms with Gasteiger partial charge in [-0.05, 0) is 23.9 Å². The average Bonchev–Trinajstić information content (AvgIpc) is 2.80. The summed E-state index contributed by atoms with van der Waals surface area (Å²) in [5.74, 6) is 0. The fraction of sp³-hybridized carbons (Fsp3) is 0.111. The number of pyridine rings is 1. The monoisotopic (exact) mass is 271 g/mol. The number of aromatic nitrogens is 4. The van der Waals surface area contributed by atoms with Crippen molar-refractivity contribution >= 4 is 11.8 Å². The molecule has 18 heavy (non-hydrogen) atoms. The van der Waals surface area contributed by atoms with Gasteiger partial charge in [-0.2, -0.15) is 23.5 Å². The van der Waals surface area contributed by atoms with Gasteiger partial charge in [0.1, 0.15) is 23.1 Å². The van der Waals surface area contributed by atoms with Crippen LogP contribution in [-0.4, -0.2) is 20.2 Å². The van der Waals surface area contributed by atoms with Gasteiger partial charge in [0.15, 0.2) is 5.16 Å². The summed E-state index contributed by atoms with van der Waals surface area (Å²) in [6, 6.07) is 3.62. The second-order valence-corrected chi connectivity index (χ2v) is 4.03. The second-order valence-electron chi connectivity index (χ2n) is 3.05. The predicted molar refractivity (Wildman–Crippen MR) is 54.5 cm³/mol. The van der Waals surface area contributed by atoms with Crippen LogP contribution in [0.4, 0.5) is 13.2 Å². The molecule has 0 atom stereocenters. The molecule has 5 nitrogen and oxygen atoms in total. The Morgan fingerprint density at radius 1 is 1.33 bits per heavy atom. The molecule has 0 aliphatic rings. The minimum absolute atomic E-state index is 0.0457. The molecule has 0 spiro atoms. The zero-order chi connectivity index (χ0) is 13.2. The number of nitrogens with one attached hydrogen (secondary N) is 1. The molecule has 0 aliphatic heterocycles. The summed E-state index contributed by atoms with van der Waals surface area (Å²) < 4.78 is 37.5. The summed E-state index contributed by atoms with van der Waals surface area (Å²) in [7, 11) is 0. The lowest BCUT2D eigenvalue weighted by Crippen LogP contribution is -2.08. The lowest BCUT2D eigenvalue weighted by Gasteiger charge is -2.07. The highest BCUT2D eigenvalue weighted by Gasteiger charge is 2.33. The standard InChI is InChI=1S/C9H4F3N5S/c10-9(11,12)6-2-1-5(3-13)7(16-6)18-8-14-4-15-17-8/h1-2,4H,(H,14,15,17). The van der Waals surface area contributed by atoms with Crippen molar-refractivity contribution in [3.63, 3.8) is 0 Å². The molecule has 0 saturated heterocycles. The molecular formula is C9H4F3N5S. The van der Waals surface area contributed by atoms with Crippen LogP contribution in [0.25, 0.3) is 0 Å². The fourth-order valence-corrected chi connectivity index (χ4v) is 1.85. The minimum atomic E-state index is -4.55. The molecule has 2 rings (SSSR count). The highest BCUT2D eigenvalue weighted by molar-refractivity contribution is 7.99. The van der Waals surface area contributed by atoms with Gasteiger partial charge in [0.05, 0.1) is 5.56 Å². The Kier molecular flexibility index (Phi) is 3.20. The smallest absolute Gasteiger partial charge is 0.254 e. The summed E-state index contributed by atoms with van der Waals surface area (Å²) in [5, 5.41) is 15.0. The first-order chi connectivity index (χ1) is 8.50. The maximum Gasteiger partial charge on any atom is 0.433 e. The van der Waals surface area contributed by atoms with Gasteiger partial charge >= 0.3 is 6.18 Å². The van der Waals surface area contributed by atoms with Crippen LogP contribution in [0.2, 0.25) is 0 Å². The van der Waals surface area contributed by atoms with Crippen molar-refractivity contribution in [3.05, 3.63) is 29.7 Å². The van der Waals surface area contributed by atoms with Gasteiger partial charge in [0.25, 0.3) is 0 Å². The predicted octanol–water partition coefficient (Wildman–Crippen LogP) is 2.24. The summed E-state index contributed by atoms with van der Waals surface area (Å²) in [6.07, 6.45) is -3.34. The highest BCUT2D eigenvalue weighted by Crippen LogP contribution is 2.32. The van der Waals surface area contributed by atoms with E-state index in [0.29, 0.717) is 0 Å². The van der Waals surface area contributed by atoms with Crippen molar-refractivity contribution in [1.82, 2.24) is 20.2 Å². The van der Waals surface area contributed by atoms with Gasteiger partial charge in [-0.1, -0.05) is 0 Å². The molecule has 9 heteroatoms. The Hall–Kier alpha value is -2.08. The van der Waals surface area contributed by atoms with Crippen LogP contribution in [-0.2, 0) is 6.18 Å². The van der Waals surface area contributed by atoms with Crippen molar-refractivity contribution < 1.29 is 13.2 Å². The van der Waals surface area contributed by atoms with E-state index in [1.165, 1.54) is 6.33 Å². The van der Waals surface area contributed by atoms with Crippen LogP contribution in [0.1, 0.15) is 11.3 Å². The maximum atomic E-state index is 12.5. The molecule has 0 fully saturated rings. The van der Waals surface area contributed by atoms with Gasteiger partial charge in [0.2, 0.25) is 0 Å². The number of nitrogens with zero attached hydrogens (tertiary/aromatic N) is 4. The van der Waals surface area contributed by atoms with Crippen LogP contribution in [0.15, 0.2) is 28.6 Å². The van der Waals surface area contributed by atoms with E-state index in [1.807, 2.05) is 0 Å². The molecule has 0 bridgehead atoms. The number of nitriles is 1. The first kappa shape index (κ1) is 12.4. The number of H-pyrrole nitrogens is 1. The first-order valence-corrected chi connectivity index (χ1v) is 5.34. The van der Waals surface area contributed by atoms with Crippen molar-refractivity contribution in [1.29, 1.82) is 5.26 Å². The third-order valence-corrected chi connectivity index (χ3v) is 2.75. The summed E-state index contributed by atoms with van der Waals surface area (Å²) in [4.78, 5) is 7.16. The second kappa shape index (κ2) is 4.66. The highest BCUT2D eigenvalue weighted by atomic mass is 32.2. The molecule has 0 radical (unpaired) electrons. The van der Waals surface area contributed by atoms with Gasteiger partial charge in [-0.25, -0.2) is 9.97 Å². The third-order valence-electron chi connectivity index (χ3n) is 1.86. The molecule has 2 heterocycles. The van der Waals surface area contributed by atoms with Crippen LogP contribution in [0.3, 0.4) is 0 Å². The molecule has 92 valence electrons. The van der Waals surface area contributed by atoms with Crippen LogP contribution in [0, 0.1) is 11.3 Å². The molecule has 0 unspecified atom stereocenters. The molecule has 2 aromatic rings. The van der Waals surface area contributed by atoms with E-state index in [1.54, 1.807) is 6.07 Å². The minimum Gasteiger partial charge on any atom is -0.254 e. The zero-order valence-electron chi connectivity index (χ0n) is 8.56. The molecule has 0 aromatic carbocycles. The van der Waals surface area contributed by atoms with E-state index in [2.05, 4.69) is 20.2 Å². The number of rotatable bonds is 2. The lowest BCUT2D eigenvalue weighted by atomic mass is 10.2. The maximum absolute atomic E-state index is 12.5. The molecule has 0 aliphatic carbocycles. The quantitative estimate of drug-likeness (QED) is 0.906. The van der Waals surface area contributed by atoms with Gasteiger partial charge in [-0.3, -0.25) is 5.10 Å². The molecule has 0 amide bonds. The third kappa shape index (κ3) is 2.60. The largest absolute Gasteiger partial charge is 0.433 e. The lowest BCUT2D eigenvalue weighted by molar-refractivity contribution is -0.141. The van der Waals surface area contributed by atoms with Crippen LogP contribution in [0.5, 0.6) is 0 Å². The van der Waals surface area contributed by atoms with Gasteiger partial charge in [-0.15, -0.1) is 0 Å². The Balaban J connectivity index is 2.41. The normalized spacial score (nSPS) is 11.2. The Bertz CT molecular complexity index is 587. The first-order valence-electron chi connectivity index (χ1n) is 4.52. The number of hydrogen-bond donors (Lipinski definition) is 1. The van der Waals surface area contributed by atoms with Crippen molar-refractivity contribution in [2.45, 2.75) is 16.4 Å². The van der Waals surface area contributed by atoms with Gasteiger partial charge in [0, 0.05) is 0 Å². The van der Waals surface area contributed by atoms with E-state index in [-0.39, 0.29) is 15.7 Å². The Morgan fingerprint density at radius 2 is 2.11 bits per heavy atom. The topological polar surface area (TPSA) is 78.2 Å². The molecule has 0 saturated carbocycles. The summed E-state index contributed by atoms with van der Waals surface area (Å²) in [5.41, 5.74) is -1.01. The number of aromatic amines is 1. The van der Waals surface area contributed by atoms with Gasteiger partial charge < -0.3 is 0 Å². The number of hydrogen-bond acceptors (Lipinski definition) is 5. The fourth-order valence-electron chi connectivity index (χ4n) is 1.10. The van der Waals surface area contributed by atoms with Crippen molar-refractivity contribution in [2.75, 3.05) is 0 Å². The number of alkyl halides is 3. The van der Waals surface area contributed by atoms with Crippen molar-refractivity contribution in [3.8, 4) is 6.07 Å². The van der Waals surface area contributed by atoms with Crippen LogP contribution >= 0.6 is 11.8 Å². The molecule has 2 aromatic heterocycles. The average molecular weight is 271 g/mol. The van der Waals surface area contributed by atoms with E-state index in [4.69, 9.17) is 5.26 Å². The van der Waals surface area contributed by atoms with E-state index in [0.717, 1.165) is 23.9 Å². The number of halogens is 3. The van der Waals surface area contributed by atoms with E-state index >= 15 is 0 Å². The Labute approximate surface area is 103 Å².